The number of anilines is 2. The Balaban J connectivity index is 1.61. The number of hydrogen-bond acceptors (Lipinski definition) is 6. The first-order valence-corrected chi connectivity index (χ1v) is 11.3. The first-order valence-electron chi connectivity index (χ1n) is 11.0. The van der Waals surface area contributed by atoms with Crippen LogP contribution in [0.1, 0.15) is 38.3 Å². The highest BCUT2D eigenvalue weighted by Crippen LogP contribution is 2.38. The molecule has 0 radical (unpaired) electrons. The number of aryl methyl sites for hydroxylation is 2. The van der Waals surface area contributed by atoms with Crippen molar-refractivity contribution >= 4 is 34.6 Å². The minimum absolute atomic E-state index is 0.000649. The monoisotopic (exact) mass is 519 g/mol. The molecule has 0 unspecified atom stereocenters. The van der Waals surface area contributed by atoms with Crippen molar-refractivity contribution in [3.8, 4) is 0 Å². The lowest BCUT2D eigenvalue weighted by molar-refractivity contribution is -0.137. The van der Waals surface area contributed by atoms with Gasteiger partial charge in [-0.3, -0.25) is 14.5 Å². The first kappa shape index (κ1) is 25.5. The second kappa shape index (κ2) is 9.84. The summed E-state index contributed by atoms with van der Waals surface area (Å²) in [4.78, 5) is 13.0. The number of alkyl halides is 3. The third-order valence-corrected chi connectivity index (χ3v) is 6.35. The molecule has 36 heavy (non-hydrogen) atoms. The second-order valence-electron chi connectivity index (χ2n) is 8.40. The van der Waals surface area contributed by atoms with Gasteiger partial charge in [-0.25, -0.2) is 0 Å². The van der Waals surface area contributed by atoms with Crippen LogP contribution in [0.4, 0.5) is 24.5 Å². The van der Waals surface area contributed by atoms with E-state index in [9.17, 15) is 18.0 Å². The van der Waals surface area contributed by atoms with E-state index >= 15 is 0 Å². The van der Waals surface area contributed by atoms with E-state index in [2.05, 4.69) is 26.7 Å². The molecule has 0 atom stereocenters. The summed E-state index contributed by atoms with van der Waals surface area (Å²) in [6, 6.07) is 7.30. The predicted octanol–water partition coefficient (Wildman–Crippen LogP) is 4.51. The van der Waals surface area contributed by atoms with Crippen LogP contribution in [-0.2, 0) is 19.8 Å². The molecule has 0 saturated heterocycles. The van der Waals surface area contributed by atoms with Crippen LogP contribution in [-0.4, -0.2) is 22.7 Å². The maximum atomic E-state index is 13.5. The number of aromatic nitrogens is 2. The van der Waals surface area contributed by atoms with Gasteiger partial charge in [0.05, 0.1) is 28.2 Å². The van der Waals surface area contributed by atoms with E-state index in [1.807, 2.05) is 27.1 Å². The smallest absolute Gasteiger partial charge is 0.322 e. The molecule has 1 aliphatic rings. The van der Waals surface area contributed by atoms with Gasteiger partial charge in [-0.05, 0) is 56.3 Å². The van der Waals surface area contributed by atoms with E-state index < -0.39 is 22.7 Å². The summed E-state index contributed by atoms with van der Waals surface area (Å²) in [5.74, 6) is -0.554. The number of halogens is 4. The first-order chi connectivity index (χ1) is 17.0. The summed E-state index contributed by atoms with van der Waals surface area (Å²) in [6.07, 6.45) is -1.07. The molecule has 0 spiro atoms. The van der Waals surface area contributed by atoms with Crippen molar-refractivity contribution in [1.82, 2.24) is 26.1 Å². The number of carbonyl (C=O) groups excluding carboxylic acids is 1. The normalized spacial score (nSPS) is 13.6. The van der Waals surface area contributed by atoms with Crippen molar-refractivity contribution in [2.75, 3.05) is 17.4 Å². The van der Waals surface area contributed by atoms with E-state index in [-0.39, 0.29) is 23.4 Å². The van der Waals surface area contributed by atoms with Crippen molar-refractivity contribution in [2.45, 2.75) is 26.6 Å². The lowest BCUT2D eigenvalue weighted by Crippen LogP contribution is -2.36. The largest absolute Gasteiger partial charge is 0.417 e. The minimum Gasteiger partial charge on any atom is -0.322 e. The molecule has 190 valence electrons. The molecule has 0 bridgehead atoms. The summed E-state index contributed by atoms with van der Waals surface area (Å²) in [7, 11) is 3.45. The van der Waals surface area contributed by atoms with E-state index in [1.165, 1.54) is 6.07 Å². The van der Waals surface area contributed by atoms with Crippen LogP contribution in [0.3, 0.4) is 0 Å². The van der Waals surface area contributed by atoms with Gasteiger partial charge >= 0.3 is 6.18 Å². The summed E-state index contributed by atoms with van der Waals surface area (Å²) in [5, 5.41) is 10.9. The van der Waals surface area contributed by atoms with Gasteiger partial charge in [-0.15, -0.1) is 5.53 Å². The van der Waals surface area contributed by atoms with E-state index in [4.69, 9.17) is 11.6 Å². The lowest BCUT2D eigenvalue weighted by atomic mass is 10.1. The molecule has 2 heterocycles. The van der Waals surface area contributed by atoms with Crippen LogP contribution < -0.4 is 26.6 Å². The molecular weight excluding hydrogens is 495 g/mol. The Bertz CT molecular complexity index is 1350. The van der Waals surface area contributed by atoms with Gasteiger partial charge in [-0.2, -0.15) is 18.3 Å². The Morgan fingerprint density at radius 1 is 1.19 bits per heavy atom. The zero-order chi connectivity index (χ0) is 26.2. The molecular formula is C24H25ClF3N7O. The molecule has 3 aromatic rings. The maximum Gasteiger partial charge on any atom is 0.417 e. The zero-order valence-corrected chi connectivity index (χ0v) is 20.8. The standard InChI is InChI=1S/C24H25ClF3N7O/c1-13-5-6-15(8-21(13)35-12-20(32-33-35)18-11-30-34(4)14(18)2)23(36)31-17-7-16(10-29-3)22(25)19(9-17)24(26,27)28/h5-9,11-12,29,32-33H,10H2,1-4H3,(H,31,36). The van der Waals surface area contributed by atoms with Crippen molar-refractivity contribution in [3.63, 3.8) is 0 Å². The number of nitrogens with one attached hydrogen (secondary N) is 4. The average molecular weight is 520 g/mol. The van der Waals surface area contributed by atoms with Crippen molar-refractivity contribution in [1.29, 1.82) is 0 Å². The number of rotatable bonds is 6. The van der Waals surface area contributed by atoms with Crippen LogP contribution in [0.15, 0.2) is 42.7 Å². The minimum atomic E-state index is -4.66. The third-order valence-electron chi connectivity index (χ3n) is 5.90. The van der Waals surface area contributed by atoms with Crippen LogP contribution in [0, 0.1) is 13.8 Å². The highest BCUT2D eigenvalue weighted by Gasteiger charge is 2.34. The summed E-state index contributed by atoms with van der Waals surface area (Å²) in [5.41, 5.74) is 9.88. The fourth-order valence-electron chi connectivity index (χ4n) is 3.84. The molecule has 4 rings (SSSR count). The number of nitrogens with zero attached hydrogens (tertiary/aromatic N) is 3. The van der Waals surface area contributed by atoms with E-state index in [0.717, 1.165) is 28.6 Å². The van der Waals surface area contributed by atoms with Gasteiger partial charge in [0, 0.05) is 42.3 Å². The second-order valence-corrected chi connectivity index (χ2v) is 8.78. The Morgan fingerprint density at radius 3 is 2.58 bits per heavy atom. The third kappa shape index (κ3) is 5.03. The predicted molar refractivity (Wildman–Crippen MR) is 133 cm³/mol. The molecule has 8 nitrogen and oxygen atoms in total. The van der Waals surface area contributed by atoms with Crippen LogP contribution in [0.2, 0.25) is 5.02 Å². The van der Waals surface area contributed by atoms with Crippen molar-refractivity contribution < 1.29 is 18.0 Å². The van der Waals surface area contributed by atoms with Crippen LogP contribution >= 0.6 is 11.6 Å². The topological polar surface area (TPSA) is 86.2 Å². The quantitative estimate of drug-likeness (QED) is 0.383. The summed E-state index contributed by atoms with van der Waals surface area (Å²) >= 11 is 5.97. The molecule has 2 aromatic carbocycles. The molecule has 1 aromatic heterocycles. The SMILES string of the molecule is CNCc1cc(NC(=O)c2ccc(C)c(N3C=C(c4cnn(C)c4C)NN3)c2)cc(C(F)(F)F)c1Cl. The van der Waals surface area contributed by atoms with Gasteiger partial charge in [0.1, 0.15) is 0 Å². The van der Waals surface area contributed by atoms with Gasteiger partial charge in [0.15, 0.2) is 0 Å². The molecule has 4 N–H and O–H groups in total. The van der Waals surface area contributed by atoms with Crippen LogP contribution in [0.25, 0.3) is 5.70 Å². The Labute approximate surface area is 211 Å². The van der Waals surface area contributed by atoms with Gasteiger partial charge < -0.3 is 16.1 Å². The highest BCUT2D eigenvalue weighted by atomic mass is 35.5. The van der Waals surface area contributed by atoms with E-state index in [1.54, 1.807) is 41.1 Å². The Hall–Kier alpha value is -3.54. The zero-order valence-electron chi connectivity index (χ0n) is 20.0. The number of hydrogen-bond donors (Lipinski definition) is 4. The van der Waals surface area contributed by atoms with E-state index in [0.29, 0.717) is 5.69 Å². The number of hydrazine groups is 2. The molecule has 12 heteroatoms. The highest BCUT2D eigenvalue weighted by molar-refractivity contribution is 6.32. The summed E-state index contributed by atoms with van der Waals surface area (Å²) in [6.45, 7) is 3.95. The molecule has 1 amide bonds. The average Bonchev–Trinajstić information content (AvgIpc) is 3.42. The fraction of sp³-hybridized carbons (Fsp3) is 0.250. The number of carbonyl (C=O) groups is 1. The van der Waals surface area contributed by atoms with Gasteiger partial charge in [-0.1, -0.05) is 17.7 Å². The fourth-order valence-corrected chi connectivity index (χ4v) is 4.12. The summed E-state index contributed by atoms with van der Waals surface area (Å²) < 4.78 is 42.3. The Kier molecular flexibility index (Phi) is 6.98. The van der Waals surface area contributed by atoms with Crippen LogP contribution in [0.5, 0.6) is 0 Å². The maximum absolute atomic E-state index is 13.5. The molecule has 1 aliphatic heterocycles. The molecule has 0 saturated carbocycles. The van der Waals surface area contributed by atoms with Crippen molar-refractivity contribution in [2.24, 2.45) is 7.05 Å². The number of amides is 1. The van der Waals surface area contributed by atoms with Crippen molar-refractivity contribution in [3.05, 3.63) is 81.3 Å². The number of benzene rings is 2. The molecule has 0 fully saturated rings. The van der Waals surface area contributed by atoms with Gasteiger partial charge in [0.25, 0.3) is 5.91 Å². The lowest BCUT2D eigenvalue weighted by Gasteiger charge is -2.19. The molecule has 0 aliphatic carbocycles. The van der Waals surface area contributed by atoms with Gasteiger partial charge in [0.2, 0.25) is 0 Å². The Morgan fingerprint density at radius 2 is 1.94 bits per heavy atom.